The molecule has 0 saturated heterocycles. The molecule has 1 aliphatic heterocycles. The number of fused-ring (bicyclic) bond motifs is 1. The van der Waals surface area contributed by atoms with E-state index in [1.165, 1.54) is 6.42 Å². The Morgan fingerprint density at radius 2 is 1.88 bits per heavy atom. The van der Waals surface area contributed by atoms with Crippen LogP contribution in [0.15, 0.2) is 48.5 Å². The van der Waals surface area contributed by atoms with Crippen LogP contribution >= 0.6 is 0 Å². The van der Waals surface area contributed by atoms with Gasteiger partial charge in [0.05, 0.1) is 0 Å². The molecule has 3 aromatic rings. The summed E-state index contributed by atoms with van der Waals surface area (Å²) in [5.41, 5.74) is 8.57. The van der Waals surface area contributed by atoms with Gasteiger partial charge in [-0.25, -0.2) is 0 Å². The zero-order valence-electron chi connectivity index (χ0n) is 14.5. The fourth-order valence-electron chi connectivity index (χ4n) is 3.27. The first-order valence-electron chi connectivity index (χ1n) is 8.90. The summed E-state index contributed by atoms with van der Waals surface area (Å²) in [6.07, 6.45) is 4.50. The zero-order chi connectivity index (χ0) is 17.9. The number of hydrogen-bond donors (Lipinski definition) is 2. The second kappa shape index (κ2) is 7.00. The number of nitrogens with two attached hydrogens (primary N) is 1. The highest BCUT2D eigenvalue weighted by molar-refractivity contribution is 6.04. The van der Waals surface area contributed by atoms with E-state index in [-0.39, 0.29) is 5.91 Å². The fourth-order valence-corrected chi connectivity index (χ4v) is 3.27. The van der Waals surface area contributed by atoms with Crippen molar-refractivity contribution in [2.75, 3.05) is 11.1 Å². The molecule has 0 fully saturated rings. The van der Waals surface area contributed by atoms with E-state index in [9.17, 15) is 4.79 Å². The van der Waals surface area contributed by atoms with Crippen molar-refractivity contribution in [1.29, 1.82) is 0 Å². The monoisotopic (exact) mass is 347 g/mol. The van der Waals surface area contributed by atoms with Crippen LogP contribution < -0.4 is 11.1 Å². The first kappa shape index (κ1) is 16.3. The van der Waals surface area contributed by atoms with Gasteiger partial charge < -0.3 is 15.6 Å². The molecular weight excluding hydrogens is 326 g/mol. The third-order valence-corrected chi connectivity index (χ3v) is 4.66. The Kier molecular flexibility index (Phi) is 4.39. The van der Waals surface area contributed by atoms with Crippen LogP contribution in [-0.4, -0.2) is 20.7 Å². The highest BCUT2D eigenvalue weighted by atomic mass is 16.1. The van der Waals surface area contributed by atoms with Crippen molar-refractivity contribution >= 4 is 17.3 Å². The molecule has 132 valence electrons. The molecule has 0 spiro atoms. The molecule has 0 unspecified atom stereocenters. The third-order valence-electron chi connectivity index (χ3n) is 4.66. The maximum Gasteiger partial charge on any atom is 0.255 e. The Bertz CT molecular complexity index is 930. The summed E-state index contributed by atoms with van der Waals surface area (Å²) in [7, 11) is 0. The molecule has 0 bridgehead atoms. The first-order valence-corrected chi connectivity index (χ1v) is 8.90. The largest absolute Gasteiger partial charge is 0.399 e. The lowest BCUT2D eigenvalue weighted by molar-refractivity contribution is 0.102. The normalized spacial score (nSPS) is 13.7. The number of hydrogen-bond acceptors (Lipinski definition) is 4. The number of nitrogen functional groups attached to an aromatic ring is 1. The fraction of sp³-hybridized carbons (Fsp3) is 0.250. The summed E-state index contributed by atoms with van der Waals surface area (Å²) >= 11 is 0. The number of rotatable bonds is 3. The van der Waals surface area contributed by atoms with E-state index in [1.54, 1.807) is 24.3 Å². The minimum Gasteiger partial charge on any atom is -0.399 e. The molecule has 6 heteroatoms. The van der Waals surface area contributed by atoms with Gasteiger partial charge in [-0.1, -0.05) is 18.6 Å². The standard InChI is InChI=1S/C20H21N5O/c21-16-10-8-14(9-11-16)20(26)22-17-6-4-5-15(13-17)19-24-23-18-7-2-1-3-12-25(18)19/h4-6,8-11,13H,1-3,7,12,21H2,(H,22,26). The summed E-state index contributed by atoms with van der Waals surface area (Å²) in [5, 5.41) is 11.7. The van der Waals surface area contributed by atoms with Crippen molar-refractivity contribution in [2.45, 2.75) is 32.2 Å². The van der Waals surface area contributed by atoms with E-state index >= 15 is 0 Å². The average Bonchev–Trinajstić information content (AvgIpc) is 2.91. The number of aryl methyl sites for hydroxylation is 1. The third kappa shape index (κ3) is 3.31. The van der Waals surface area contributed by atoms with Gasteiger partial charge in [0.25, 0.3) is 5.91 Å². The Labute approximate surface area is 152 Å². The lowest BCUT2D eigenvalue weighted by atomic mass is 10.1. The second-order valence-corrected chi connectivity index (χ2v) is 6.56. The first-order chi connectivity index (χ1) is 12.7. The Morgan fingerprint density at radius 1 is 1.04 bits per heavy atom. The second-order valence-electron chi connectivity index (χ2n) is 6.56. The predicted molar refractivity (Wildman–Crippen MR) is 102 cm³/mol. The van der Waals surface area contributed by atoms with Gasteiger partial charge in [-0.05, 0) is 49.2 Å². The number of nitrogens with one attached hydrogen (secondary N) is 1. The number of carbonyl (C=O) groups excluding carboxylic acids is 1. The van der Waals surface area contributed by atoms with Crippen molar-refractivity contribution < 1.29 is 4.79 Å². The Morgan fingerprint density at radius 3 is 2.73 bits per heavy atom. The maximum atomic E-state index is 12.4. The molecule has 1 amide bonds. The smallest absolute Gasteiger partial charge is 0.255 e. The quantitative estimate of drug-likeness (QED) is 0.710. The molecule has 3 N–H and O–H groups in total. The summed E-state index contributed by atoms with van der Waals surface area (Å²) in [6, 6.07) is 14.6. The summed E-state index contributed by atoms with van der Waals surface area (Å²) < 4.78 is 2.20. The average molecular weight is 347 g/mol. The van der Waals surface area contributed by atoms with E-state index in [1.807, 2.05) is 24.3 Å². The minimum absolute atomic E-state index is 0.165. The highest BCUT2D eigenvalue weighted by Crippen LogP contribution is 2.25. The topological polar surface area (TPSA) is 85.8 Å². The summed E-state index contributed by atoms with van der Waals surface area (Å²) in [6.45, 7) is 0.944. The Hall–Kier alpha value is -3.15. The molecule has 0 aliphatic carbocycles. The van der Waals surface area contributed by atoms with Crippen LogP contribution in [0.25, 0.3) is 11.4 Å². The van der Waals surface area contributed by atoms with Crippen molar-refractivity contribution in [1.82, 2.24) is 14.8 Å². The molecule has 0 radical (unpaired) electrons. The van der Waals surface area contributed by atoms with Gasteiger partial charge in [0.2, 0.25) is 0 Å². The molecule has 0 saturated carbocycles. The minimum atomic E-state index is -0.165. The van der Waals surface area contributed by atoms with Gasteiger partial charge in [0, 0.05) is 35.5 Å². The molecule has 26 heavy (non-hydrogen) atoms. The van der Waals surface area contributed by atoms with E-state index in [0.717, 1.165) is 48.7 Å². The van der Waals surface area contributed by atoms with Crippen molar-refractivity contribution in [3.63, 3.8) is 0 Å². The van der Waals surface area contributed by atoms with Gasteiger partial charge in [0.15, 0.2) is 5.82 Å². The van der Waals surface area contributed by atoms with Crippen molar-refractivity contribution in [3.05, 3.63) is 59.9 Å². The predicted octanol–water partition coefficient (Wildman–Crippen LogP) is 3.51. The number of nitrogens with zero attached hydrogens (tertiary/aromatic N) is 3. The van der Waals surface area contributed by atoms with Crippen LogP contribution in [-0.2, 0) is 13.0 Å². The van der Waals surface area contributed by atoms with Crippen LogP contribution in [0.4, 0.5) is 11.4 Å². The molecular formula is C20H21N5O. The molecule has 1 aromatic heterocycles. The van der Waals surface area contributed by atoms with Gasteiger partial charge >= 0.3 is 0 Å². The van der Waals surface area contributed by atoms with Crippen LogP contribution in [0.3, 0.4) is 0 Å². The van der Waals surface area contributed by atoms with Gasteiger partial charge in [-0.3, -0.25) is 4.79 Å². The number of anilines is 2. The van der Waals surface area contributed by atoms with Crippen LogP contribution in [0.5, 0.6) is 0 Å². The zero-order valence-corrected chi connectivity index (χ0v) is 14.5. The molecule has 4 rings (SSSR count). The molecule has 0 atom stereocenters. The van der Waals surface area contributed by atoms with Crippen molar-refractivity contribution in [3.8, 4) is 11.4 Å². The Balaban J connectivity index is 1.58. The van der Waals surface area contributed by atoms with Gasteiger partial charge in [0.1, 0.15) is 5.82 Å². The molecule has 1 aliphatic rings. The number of aromatic nitrogens is 3. The lowest BCUT2D eigenvalue weighted by Gasteiger charge is -2.09. The molecule has 2 aromatic carbocycles. The molecule has 2 heterocycles. The van der Waals surface area contributed by atoms with Crippen LogP contribution in [0.1, 0.15) is 35.4 Å². The summed E-state index contributed by atoms with van der Waals surface area (Å²) in [4.78, 5) is 12.4. The highest BCUT2D eigenvalue weighted by Gasteiger charge is 2.16. The SMILES string of the molecule is Nc1ccc(C(=O)Nc2cccc(-c3nnc4n3CCCCC4)c2)cc1. The van der Waals surface area contributed by atoms with E-state index in [0.29, 0.717) is 11.3 Å². The van der Waals surface area contributed by atoms with Crippen molar-refractivity contribution in [2.24, 2.45) is 0 Å². The van der Waals surface area contributed by atoms with E-state index in [2.05, 4.69) is 20.1 Å². The number of amides is 1. The number of benzene rings is 2. The number of carbonyl (C=O) groups is 1. The van der Waals surface area contributed by atoms with E-state index < -0.39 is 0 Å². The van der Waals surface area contributed by atoms with Crippen LogP contribution in [0, 0.1) is 0 Å². The molecule has 6 nitrogen and oxygen atoms in total. The van der Waals surface area contributed by atoms with Crippen LogP contribution in [0.2, 0.25) is 0 Å². The lowest BCUT2D eigenvalue weighted by Crippen LogP contribution is -2.12. The van der Waals surface area contributed by atoms with E-state index in [4.69, 9.17) is 5.73 Å². The summed E-state index contributed by atoms with van der Waals surface area (Å²) in [5.74, 6) is 1.75. The van der Waals surface area contributed by atoms with Gasteiger partial charge in [-0.15, -0.1) is 10.2 Å². The maximum absolute atomic E-state index is 12.4. The van der Waals surface area contributed by atoms with Gasteiger partial charge in [-0.2, -0.15) is 0 Å².